The third kappa shape index (κ3) is 49.5. The number of esters is 2. The van der Waals surface area contributed by atoms with Crippen molar-refractivity contribution in [2.24, 2.45) is 0 Å². The van der Waals surface area contributed by atoms with Crippen molar-refractivity contribution in [1.29, 1.82) is 0 Å². The molecule has 0 aliphatic heterocycles. The largest absolute Gasteiger partial charge is 0.490 e. The number of carbonyl (C=O) groups excluding carboxylic acids is 3. The van der Waals surface area contributed by atoms with Gasteiger partial charge < -0.3 is 104 Å². The minimum absolute atomic E-state index is 0.0372. The first-order chi connectivity index (χ1) is 63.5. The molecule has 132 heavy (non-hydrogen) atoms. The maximum Gasteiger partial charge on any atom is 0.341 e. The Labute approximate surface area is 785 Å². The fourth-order valence-electron chi connectivity index (χ4n) is 10.7. The van der Waals surface area contributed by atoms with E-state index in [1.54, 1.807) is 121 Å². The predicted octanol–water partition coefficient (Wildman–Crippen LogP) is 24.9. The molecule has 0 heterocycles. The molecule has 0 amide bonds. The molecular weight excluding hydrogens is 1690 g/mol. The van der Waals surface area contributed by atoms with Crippen LogP contribution in [-0.4, -0.2) is 161 Å². The second-order valence-electron chi connectivity index (χ2n) is 29.3. The number of unbranched alkanes of at least 4 members (excludes halogenated alkanes) is 5. The summed E-state index contributed by atoms with van der Waals surface area (Å²) < 4.78 is 115. The van der Waals surface area contributed by atoms with E-state index in [-0.39, 0.29) is 65.0 Å². The number of hydrogen-bond donors (Lipinski definition) is 0. The number of allylic oxidation sites excluding steroid dienone is 1. The van der Waals surface area contributed by atoms with Gasteiger partial charge in [0.15, 0.2) is 118 Å². The SMILES string of the molecule is C=C(C)c1ccc(OCOC)c(CC)c1.C=Cc1ccc(OCOC)c(C(=O)OC)c1.C=Cc1ccc(OCOC)c(C(C)=O)c1.C=Cc1ccc(OCOC)c(OC(C)(C)C)c1.C=Cc1ccc(OCOC)c(OC(C)=O)c1.C=Cc1ccc(OCOC)c(OC(C)C)c1.C=Cc1ccc(OCOC)c(OCCCCC)c1.C=Cc1ccc(OCOC)c(OCCCCCC)c1. The minimum Gasteiger partial charge on any atom is -0.490 e. The zero-order valence-electron chi connectivity index (χ0n) is 81.6. The maximum absolute atomic E-state index is 11.5. The van der Waals surface area contributed by atoms with Crippen molar-refractivity contribution in [3.05, 3.63) is 259 Å². The second kappa shape index (κ2) is 71.3. The van der Waals surface area contributed by atoms with Gasteiger partial charge in [-0.1, -0.05) is 202 Å². The molecule has 0 atom stereocenters. The first-order valence-corrected chi connectivity index (χ1v) is 43.0. The van der Waals surface area contributed by atoms with Crippen molar-refractivity contribution >= 4 is 65.8 Å². The molecule has 25 heteroatoms. The summed E-state index contributed by atoms with van der Waals surface area (Å²) in [5, 5.41) is 0. The van der Waals surface area contributed by atoms with E-state index in [2.05, 4.69) is 84.2 Å². The summed E-state index contributed by atoms with van der Waals surface area (Å²) in [7, 11) is 13.9. The number of ketones is 1. The molecule has 8 rings (SSSR count). The summed E-state index contributed by atoms with van der Waals surface area (Å²) in [6.07, 6.45) is 21.3. The van der Waals surface area contributed by atoms with Gasteiger partial charge in [0.2, 0.25) is 0 Å². The normalized spacial score (nSPS) is 10.1. The lowest BCUT2D eigenvalue weighted by atomic mass is 10.0. The molecule has 0 aliphatic rings. The van der Waals surface area contributed by atoms with Crippen LogP contribution in [0, 0.1) is 0 Å². The van der Waals surface area contributed by atoms with Crippen LogP contribution in [0.4, 0.5) is 0 Å². The van der Waals surface area contributed by atoms with E-state index >= 15 is 0 Å². The molecule has 0 unspecified atom stereocenters. The number of Topliss-reactive ketones (excluding diaryl/α,β-unsaturated/α-hetero) is 1. The number of carbonyl (C=O) groups is 3. The molecule has 0 bridgehead atoms. The zero-order chi connectivity index (χ0) is 98.4. The molecule has 8 aromatic carbocycles. The van der Waals surface area contributed by atoms with Gasteiger partial charge in [-0.25, -0.2) is 4.79 Å². The third-order valence-corrected chi connectivity index (χ3v) is 17.2. The highest BCUT2D eigenvalue weighted by Gasteiger charge is 2.19. The summed E-state index contributed by atoms with van der Waals surface area (Å²) in [5.74, 6) is 7.49. The van der Waals surface area contributed by atoms with Gasteiger partial charge in [0.1, 0.15) is 28.4 Å². The Balaban J connectivity index is 0.000000755. The van der Waals surface area contributed by atoms with Crippen LogP contribution in [-0.2, 0) is 53.8 Å². The minimum atomic E-state index is -0.449. The van der Waals surface area contributed by atoms with Gasteiger partial charge in [-0.2, -0.15) is 0 Å². The standard InChI is InChI=1S/C16H24O3.C15H22O3.C14H20O3.C13H18O3.C13H18O2.2C12H14O4.C12H14O3/c1-4-6-7-8-11-18-16-12-14(5-2)9-10-15(16)19-13-17-3;1-4-6-7-10-17-15-11-13(5-2)8-9-14(15)18-12-16-3;1-6-11-7-8-12(16-10-15-5)13(9-11)17-14(2,3)4;1-5-11-6-7-12(15-9-14-4)13(8-11)16-10(2)3;1-5-11-8-12(10(2)3)6-7-13(11)15-9-14-4;1-4-9-5-6-11(16-8-14-2)10(7-9)12(13)15-3;1-4-10-5-6-11(15-8-14-3)12(7-10)16-9(2)13;1-4-10-5-6-12(15-8-14-3)11(7-10)9(2)13/h5,9-10,12H,2,4,6-8,11,13H2,1,3H3;5,8-9,11H,2,4,6-7,10,12H2,1,3H3;6-9H,1,10H2,2-5H3;5-8,10H,1,9H2,2-4H3;6-8H,2,5,9H2,1,3-4H3;2*4-7H,1,8H2,2-3H3;4-7H,1,8H2,2-3H3. The summed E-state index contributed by atoms with van der Waals surface area (Å²) in [4.78, 5) is 33.7. The number of rotatable bonds is 50. The Kier molecular flexibility index (Phi) is 63.5. The van der Waals surface area contributed by atoms with Gasteiger partial charge >= 0.3 is 11.9 Å². The van der Waals surface area contributed by atoms with Gasteiger partial charge in [-0.05, 0) is 215 Å². The van der Waals surface area contributed by atoms with Crippen LogP contribution >= 0.6 is 0 Å². The van der Waals surface area contributed by atoms with Crippen molar-refractivity contribution in [3.8, 4) is 74.7 Å². The molecule has 0 saturated heterocycles. The quantitative estimate of drug-likeness (QED) is 0.0113. The van der Waals surface area contributed by atoms with Crippen LogP contribution in [0.3, 0.4) is 0 Å². The van der Waals surface area contributed by atoms with E-state index < -0.39 is 11.9 Å². The van der Waals surface area contributed by atoms with Crippen LogP contribution in [0.1, 0.15) is 192 Å². The lowest BCUT2D eigenvalue weighted by Crippen LogP contribution is -2.23. The number of benzene rings is 8. The first-order valence-electron chi connectivity index (χ1n) is 43.0. The number of hydrogen-bond acceptors (Lipinski definition) is 25. The van der Waals surface area contributed by atoms with Gasteiger partial charge in [0.05, 0.1) is 32.0 Å². The van der Waals surface area contributed by atoms with E-state index in [4.69, 9.17) is 99.5 Å². The van der Waals surface area contributed by atoms with Crippen LogP contribution in [0.15, 0.2) is 198 Å². The Hall–Kier alpha value is -12.4. The molecule has 0 radical (unpaired) electrons. The number of aryl methyl sites for hydroxylation is 1. The molecule has 0 N–H and O–H groups in total. The van der Waals surface area contributed by atoms with Gasteiger partial charge in [-0.15, -0.1) is 0 Å². The smallest absolute Gasteiger partial charge is 0.341 e. The maximum atomic E-state index is 11.5. The fraction of sp³-hybridized carbons (Fsp3) is 0.374. The molecule has 722 valence electrons. The Bertz CT molecular complexity index is 4690. The van der Waals surface area contributed by atoms with Crippen molar-refractivity contribution in [2.45, 2.75) is 139 Å². The highest BCUT2D eigenvalue weighted by molar-refractivity contribution is 5.97. The zero-order valence-corrected chi connectivity index (χ0v) is 81.6. The lowest BCUT2D eigenvalue weighted by molar-refractivity contribution is -0.132. The monoisotopic (exact) mass is 1830 g/mol. The van der Waals surface area contributed by atoms with E-state index in [9.17, 15) is 14.4 Å². The van der Waals surface area contributed by atoms with Crippen LogP contribution in [0.2, 0.25) is 0 Å². The van der Waals surface area contributed by atoms with E-state index in [0.29, 0.717) is 88.6 Å². The second-order valence-corrected chi connectivity index (χ2v) is 29.3. The molecule has 0 aliphatic carbocycles. The van der Waals surface area contributed by atoms with Gasteiger partial charge in [0.25, 0.3) is 0 Å². The van der Waals surface area contributed by atoms with E-state index in [1.807, 2.05) is 139 Å². The third-order valence-electron chi connectivity index (χ3n) is 17.2. The van der Waals surface area contributed by atoms with Gasteiger partial charge in [0, 0.05) is 63.8 Å². The highest BCUT2D eigenvalue weighted by Crippen LogP contribution is 2.36. The van der Waals surface area contributed by atoms with Crippen molar-refractivity contribution in [2.75, 3.05) is 132 Å². The summed E-state index contributed by atoms with van der Waals surface area (Å²) in [6.45, 7) is 53.9. The number of ether oxygens (including phenoxy) is 22. The molecular formula is C107H144O25. The molecule has 25 nitrogen and oxygen atoms in total. The van der Waals surface area contributed by atoms with Crippen LogP contribution in [0.5, 0.6) is 74.7 Å². The fourth-order valence-corrected chi connectivity index (χ4v) is 10.7. The first kappa shape index (κ1) is 118. The topological polar surface area (TPSA) is 254 Å². The lowest BCUT2D eigenvalue weighted by Gasteiger charge is -2.23. The molecule has 8 aromatic rings. The van der Waals surface area contributed by atoms with Crippen LogP contribution < -0.4 is 61.6 Å². The van der Waals surface area contributed by atoms with E-state index in [0.717, 1.165) is 86.6 Å². The Morgan fingerprint density at radius 2 is 0.629 bits per heavy atom. The highest BCUT2D eigenvalue weighted by atomic mass is 16.7. The summed E-state index contributed by atoms with van der Waals surface area (Å²) >= 11 is 0. The van der Waals surface area contributed by atoms with Gasteiger partial charge in [-0.3, -0.25) is 9.59 Å². The van der Waals surface area contributed by atoms with Crippen LogP contribution in [0.25, 0.3) is 48.1 Å². The molecule has 0 saturated carbocycles. The van der Waals surface area contributed by atoms with Crippen molar-refractivity contribution < 1.29 is 119 Å². The molecule has 0 aromatic heterocycles. The van der Waals surface area contributed by atoms with E-state index in [1.165, 1.54) is 80.0 Å². The summed E-state index contributed by atoms with van der Waals surface area (Å²) in [6, 6.07) is 44.7. The van der Waals surface area contributed by atoms with Crippen molar-refractivity contribution in [1.82, 2.24) is 0 Å². The Morgan fingerprint density at radius 3 is 0.962 bits per heavy atom. The Morgan fingerprint density at radius 1 is 0.333 bits per heavy atom. The molecule has 0 spiro atoms. The average Bonchev–Trinajstić information content (AvgIpc) is 0.784. The van der Waals surface area contributed by atoms with Crippen molar-refractivity contribution in [3.63, 3.8) is 0 Å². The summed E-state index contributed by atoms with van der Waals surface area (Å²) in [5.41, 5.74) is 10.7. The molecule has 0 fully saturated rings. The average molecular weight is 1830 g/mol. The number of methoxy groups -OCH3 is 9. The predicted molar refractivity (Wildman–Crippen MR) is 530 cm³/mol.